The van der Waals surface area contributed by atoms with E-state index in [0.717, 1.165) is 24.2 Å². The molecule has 1 aromatic carbocycles. The molecule has 2 aliphatic heterocycles. The Balaban J connectivity index is 1.87. The number of phenols is 1. The summed E-state index contributed by atoms with van der Waals surface area (Å²) in [6.45, 7) is 7.72. The number of quaternary nitrogens is 1. The number of carbonyl (C=O) groups excluding carboxylic acids is 1. The molecule has 26 heavy (non-hydrogen) atoms. The maximum Gasteiger partial charge on any atom is 0.174 e. The molecule has 1 aromatic rings. The smallest absolute Gasteiger partial charge is 0.174 e. The molecule has 4 aliphatic rings. The van der Waals surface area contributed by atoms with Gasteiger partial charge in [-0.1, -0.05) is 12.6 Å². The van der Waals surface area contributed by atoms with Gasteiger partial charge < -0.3 is 19.4 Å². The van der Waals surface area contributed by atoms with Gasteiger partial charge in [0.2, 0.25) is 0 Å². The number of aliphatic hydroxyl groups is 1. The Bertz CT molecular complexity index is 866. The highest BCUT2D eigenvalue weighted by Gasteiger charge is 2.80. The summed E-state index contributed by atoms with van der Waals surface area (Å²) in [4.78, 5) is 12.8. The van der Waals surface area contributed by atoms with Crippen molar-refractivity contribution >= 4 is 5.78 Å². The number of ether oxygens (including phenoxy) is 1. The lowest BCUT2D eigenvalue weighted by Crippen LogP contribution is -2.86. The molecule has 2 bridgehead atoms. The number of carbonyl (C=O) groups is 1. The third-order valence-corrected chi connectivity index (χ3v) is 8.27. The first-order valence-electron chi connectivity index (χ1n) is 9.47. The second kappa shape index (κ2) is 4.52. The van der Waals surface area contributed by atoms with Crippen LogP contribution in [0.5, 0.6) is 11.5 Å². The number of hydrogen-bond acceptors (Lipinski definition) is 4. The molecule has 2 aliphatic carbocycles. The van der Waals surface area contributed by atoms with Gasteiger partial charge in [0.25, 0.3) is 0 Å². The van der Waals surface area contributed by atoms with Crippen molar-refractivity contribution in [3.8, 4) is 11.5 Å². The predicted octanol–water partition coefficient (Wildman–Crippen LogP) is 1.84. The Morgan fingerprint density at radius 3 is 2.92 bits per heavy atom. The average molecular weight is 356 g/mol. The zero-order valence-electron chi connectivity index (χ0n) is 15.4. The number of Topliss-reactive ketones (excluding diaryl/α,β-unsaturated/α-hetero) is 1. The number of piperidine rings is 1. The van der Waals surface area contributed by atoms with Crippen LogP contribution in [0, 0.1) is 0 Å². The molecule has 5 rings (SSSR count). The van der Waals surface area contributed by atoms with E-state index in [2.05, 4.69) is 20.6 Å². The Labute approximate surface area is 153 Å². The topological polar surface area (TPSA) is 66.8 Å². The average Bonchev–Trinajstić information content (AvgIpc) is 2.96. The molecule has 0 radical (unpaired) electrons. The summed E-state index contributed by atoms with van der Waals surface area (Å²) in [5, 5.41) is 22.7. The summed E-state index contributed by atoms with van der Waals surface area (Å²) < 4.78 is 6.77. The van der Waals surface area contributed by atoms with Crippen LogP contribution >= 0.6 is 0 Å². The fraction of sp³-hybridized carbons (Fsp3) is 0.571. The number of aromatic hydroxyl groups is 1. The largest absolute Gasteiger partial charge is 0.504 e. The molecule has 0 amide bonds. The van der Waals surface area contributed by atoms with E-state index in [1.54, 1.807) is 6.07 Å². The highest BCUT2D eigenvalue weighted by molar-refractivity contribution is 5.90. The Morgan fingerprint density at radius 1 is 1.42 bits per heavy atom. The third kappa shape index (κ3) is 1.40. The van der Waals surface area contributed by atoms with Gasteiger partial charge in [0.15, 0.2) is 23.4 Å². The lowest BCUT2D eigenvalue weighted by Gasteiger charge is -2.69. The molecular weight excluding hydrogens is 330 g/mol. The second-order valence-electron chi connectivity index (χ2n) is 9.04. The van der Waals surface area contributed by atoms with Crippen molar-refractivity contribution in [3.63, 3.8) is 0 Å². The Kier molecular flexibility index (Phi) is 2.84. The summed E-state index contributed by atoms with van der Waals surface area (Å²) in [5.41, 5.74) is -0.276. The van der Waals surface area contributed by atoms with Gasteiger partial charge in [0.05, 0.1) is 25.6 Å². The van der Waals surface area contributed by atoms with Crippen LogP contribution in [0.3, 0.4) is 0 Å². The molecule has 5 nitrogen and oxygen atoms in total. The molecule has 5 unspecified atom stereocenters. The van der Waals surface area contributed by atoms with E-state index in [1.165, 1.54) is 0 Å². The lowest BCUT2D eigenvalue weighted by molar-refractivity contribution is -0.969. The third-order valence-electron chi connectivity index (χ3n) is 8.27. The van der Waals surface area contributed by atoms with Crippen LogP contribution < -0.4 is 4.74 Å². The van der Waals surface area contributed by atoms with E-state index in [-0.39, 0.29) is 11.5 Å². The summed E-state index contributed by atoms with van der Waals surface area (Å²) in [7, 11) is 2.19. The minimum Gasteiger partial charge on any atom is -0.504 e. The van der Waals surface area contributed by atoms with Gasteiger partial charge in [-0.2, -0.15) is 0 Å². The lowest BCUT2D eigenvalue weighted by atomic mass is 9.44. The highest BCUT2D eigenvalue weighted by Crippen LogP contribution is 2.68. The number of hydrogen-bond donors (Lipinski definition) is 2. The number of likely N-dealkylation sites (N-methyl/N-ethyl adjacent to an activating group) is 1. The first-order valence-corrected chi connectivity index (χ1v) is 9.47. The van der Waals surface area contributed by atoms with Gasteiger partial charge in [-0.25, -0.2) is 0 Å². The fourth-order valence-electron chi connectivity index (χ4n) is 6.75. The van der Waals surface area contributed by atoms with Crippen molar-refractivity contribution in [1.29, 1.82) is 0 Å². The molecule has 2 N–H and O–H groups in total. The van der Waals surface area contributed by atoms with E-state index < -0.39 is 22.7 Å². The number of likely N-dealkylation sites (tertiary alicyclic amines) is 1. The van der Waals surface area contributed by atoms with Crippen molar-refractivity contribution in [2.24, 2.45) is 0 Å². The zero-order chi connectivity index (χ0) is 18.5. The molecule has 1 saturated carbocycles. The fourth-order valence-corrected chi connectivity index (χ4v) is 6.75. The normalized spacial score (nSPS) is 45.0. The first-order chi connectivity index (χ1) is 12.2. The van der Waals surface area contributed by atoms with Gasteiger partial charge >= 0.3 is 0 Å². The number of rotatable bonds is 2. The van der Waals surface area contributed by atoms with Crippen molar-refractivity contribution in [1.82, 2.24) is 0 Å². The quantitative estimate of drug-likeness (QED) is 0.627. The summed E-state index contributed by atoms with van der Waals surface area (Å²) in [5.74, 6) is 0.531. The van der Waals surface area contributed by atoms with Crippen molar-refractivity contribution in [3.05, 3.63) is 35.9 Å². The van der Waals surface area contributed by atoms with Gasteiger partial charge in [-0.05, 0) is 31.1 Å². The van der Waals surface area contributed by atoms with E-state index in [9.17, 15) is 15.0 Å². The van der Waals surface area contributed by atoms with Gasteiger partial charge in [0.1, 0.15) is 11.1 Å². The Hall–Kier alpha value is -1.85. The maximum absolute atomic E-state index is 12.8. The second-order valence-corrected chi connectivity index (χ2v) is 9.04. The summed E-state index contributed by atoms with van der Waals surface area (Å²) >= 11 is 0. The van der Waals surface area contributed by atoms with E-state index in [1.807, 2.05) is 12.1 Å². The molecule has 5 heteroatoms. The van der Waals surface area contributed by atoms with Crippen molar-refractivity contribution in [2.75, 3.05) is 20.1 Å². The van der Waals surface area contributed by atoms with Crippen LogP contribution in [-0.4, -0.2) is 57.9 Å². The number of phenolic OH excluding ortho intramolecular Hbond substituents is 1. The highest BCUT2D eigenvalue weighted by atomic mass is 16.5. The number of ketones is 1. The minimum atomic E-state index is -1.05. The summed E-state index contributed by atoms with van der Waals surface area (Å²) in [6, 6.07) is 3.61. The van der Waals surface area contributed by atoms with Gasteiger partial charge in [-0.15, -0.1) is 0 Å². The SMILES string of the molecule is C=CC[N+]1(C)CCC23c4c5ccc(O)c4OC2C(=O)CCC3(O)C1(C)C5. The van der Waals surface area contributed by atoms with E-state index in [4.69, 9.17) is 4.74 Å². The zero-order valence-corrected chi connectivity index (χ0v) is 15.4. The monoisotopic (exact) mass is 356 g/mol. The molecule has 5 atom stereocenters. The number of nitrogens with zero attached hydrogens (tertiary/aromatic N) is 1. The molecule has 138 valence electrons. The molecule has 0 aromatic heterocycles. The molecule has 1 saturated heterocycles. The minimum absolute atomic E-state index is 0.0419. The molecular formula is C21H26NO4+. The van der Waals surface area contributed by atoms with E-state index >= 15 is 0 Å². The van der Waals surface area contributed by atoms with Crippen LogP contribution in [0.4, 0.5) is 0 Å². The van der Waals surface area contributed by atoms with Crippen LogP contribution in [0.25, 0.3) is 0 Å². The molecule has 1 spiro atoms. The van der Waals surface area contributed by atoms with Crippen LogP contribution in [0.1, 0.15) is 37.3 Å². The molecule has 2 fully saturated rings. The maximum atomic E-state index is 12.8. The standard InChI is InChI=1S/C21H25NO4/c1-4-10-22(3)11-9-20-16-13-5-6-14(23)17(16)26-18(20)15(24)7-8-21(20,25)19(22,2)12-13/h4-6,18,25H,1,7-12H2,2-3H3/p+1. The van der Waals surface area contributed by atoms with Crippen molar-refractivity contribution in [2.45, 2.75) is 55.3 Å². The summed E-state index contributed by atoms with van der Waals surface area (Å²) in [6.07, 6.45) is 3.37. The van der Waals surface area contributed by atoms with E-state index in [0.29, 0.717) is 35.9 Å². The molecule has 2 heterocycles. The first kappa shape index (κ1) is 16.3. The van der Waals surface area contributed by atoms with Crippen molar-refractivity contribution < 1.29 is 24.2 Å². The predicted molar refractivity (Wildman–Crippen MR) is 96.2 cm³/mol. The van der Waals surface area contributed by atoms with Gasteiger partial charge in [0, 0.05) is 24.8 Å². The van der Waals surface area contributed by atoms with Gasteiger partial charge in [-0.3, -0.25) is 4.79 Å². The number of benzene rings is 1. The van der Waals surface area contributed by atoms with Crippen LogP contribution in [0.15, 0.2) is 24.8 Å². The van der Waals surface area contributed by atoms with Crippen LogP contribution in [-0.2, 0) is 16.6 Å². The Morgan fingerprint density at radius 2 is 2.19 bits per heavy atom. The van der Waals surface area contributed by atoms with Crippen LogP contribution in [0.2, 0.25) is 0 Å².